The number of anilines is 2. The molecule has 1 aromatic heterocycles. The van der Waals surface area contributed by atoms with Crippen molar-refractivity contribution in [1.29, 1.82) is 10.8 Å². The quantitative estimate of drug-likeness (QED) is 0.194. The number of para-hydroxylation sites is 2. The zero-order valence-electron chi connectivity index (χ0n) is 21.4. The largest absolute Gasteiger partial charge is 0.492 e. The summed E-state index contributed by atoms with van der Waals surface area (Å²) in [4.78, 5) is 16.3. The average molecular weight is 518 g/mol. The molecule has 5 rings (SSSR count). The molecule has 3 aromatic rings. The smallest absolute Gasteiger partial charge is 0.277 e. The first-order chi connectivity index (χ1) is 17.9. The number of ether oxygens (including phenoxy) is 1. The van der Waals surface area contributed by atoms with Gasteiger partial charge in [-0.15, -0.1) is 11.3 Å². The van der Waals surface area contributed by atoms with Crippen LogP contribution in [0.5, 0.6) is 5.75 Å². The maximum atomic E-state index is 11.9. The molecule has 2 fully saturated rings. The summed E-state index contributed by atoms with van der Waals surface area (Å²) in [6.45, 7) is 4.02. The second-order valence-corrected chi connectivity index (χ2v) is 10.5. The van der Waals surface area contributed by atoms with Crippen molar-refractivity contribution in [2.24, 2.45) is 11.8 Å². The molecule has 2 aliphatic carbocycles. The topological polar surface area (TPSA) is 125 Å². The van der Waals surface area contributed by atoms with E-state index in [9.17, 15) is 4.79 Å². The Balaban J connectivity index is 0.000000270. The molecule has 1 amide bonds. The van der Waals surface area contributed by atoms with Crippen LogP contribution in [0, 0.1) is 22.7 Å². The molecule has 5 N–H and O–H groups in total. The molecule has 37 heavy (non-hydrogen) atoms. The maximum absolute atomic E-state index is 11.9. The van der Waals surface area contributed by atoms with Crippen LogP contribution in [0.3, 0.4) is 0 Å². The Morgan fingerprint density at radius 2 is 1.84 bits per heavy atom. The van der Waals surface area contributed by atoms with Crippen LogP contribution in [-0.4, -0.2) is 28.9 Å². The van der Waals surface area contributed by atoms with Crippen LogP contribution in [0.2, 0.25) is 0 Å². The minimum atomic E-state index is -0.592. The van der Waals surface area contributed by atoms with Gasteiger partial charge in [-0.1, -0.05) is 55.7 Å². The van der Waals surface area contributed by atoms with E-state index in [0.29, 0.717) is 17.4 Å². The van der Waals surface area contributed by atoms with Gasteiger partial charge in [0.2, 0.25) is 0 Å². The van der Waals surface area contributed by atoms with Crippen molar-refractivity contribution in [1.82, 2.24) is 4.98 Å². The van der Waals surface area contributed by atoms with Gasteiger partial charge in [0.15, 0.2) is 5.13 Å². The van der Waals surface area contributed by atoms with E-state index in [1.807, 2.05) is 36.6 Å². The van der Waals surface area contributed by atoms with Crippen molar-refractivity contribution in [3.8, 4) is 17.0 Å². The molecular weight excluding hydrogens is 482 g/mol. The molecule has 8 heteroatoms. The highest BCUT2D eigenvalue weighted by Gasteiger charge is 2.39. The van der Waals surface area contributed by atoms with E-state index in [4.69, 9.17) is 21.3 Å². The van der Waals surface area contributed by atoms with Gasteiger partial charge in [0.25, 0.3) is 5.91 Å². The molecule has 2 aromatic carbocycles. The molecule has 0 bridgehead atoms. The predicted molar refractivity (Wildman–Crippen MR) is 152 cm³/mol. The zero-order valence-corrected chi connectivity index (χ0v) is 22.2. The van der Waals surface area contributed by atoms with E-state index in [2.05, 4.69) is 34.6 Å². The lowest BCUT2D eigenvalue weighted by atomic mass is 9.59. The highest BCUT2D eigenvalue weighted by Crippen LogP contribution is 2.52. The number of amides is 1. The summed E-state index contributed by atoms with van der Waals surface area (Å²) < 4.78 is 5.21. The van der Waals surface area contributed by atoms with Gasteiger partial charge in [0.1, 0.15) is 11.5 Å². The number of rotatable bonds is 8. The van der Waals surface area contributed by atoms with Crippen molar-refractivity contribution < 1.29 is 9.53 Å². The number of thiazole rings is 1. The Morgan fingerprint density at radius 1 is 1.11 bits per heavy atom. The van der Waals surface area contributed by atoms with Gasteiger partial charge in [-0.2, -0.15) is 0 Å². The summed E-state index contributed by atoms with van der Waals surface area (Å²) in [5, 5.41) is 19.9. The fourth-order valence-corrected chi connectivity index (χ4v) is 5.55. The number of nitrogens with zero attached hydrogens (tertiary/aromatic N) is 1. The molecule has 2 saturated carbocycles. The first-order valence-electron chi connectivity index (χ1n) is 12.9. The minimum absolute atomic E-state index is 0.0592. The van der Waals surface area contributed by atoms with Crippen molar-refractivity contribution in [2.75, 3.05) is 17.7 Å². The van der Waals surface area contributed by atoms with E-state index >= 15 is 0 Å². The van der Waals surface area contributed by atoms with Crippen molar-refractivity contribution in [3.63, 3.8) is 0 Å². The Morgan fingerprint density at radius 3 is 2.41 bits per heavy atom. The third-order valence-corrected chi connectivity index (χ3v) is 8.02. The van der Waals surface area contributed by atoms with Crippen molar-refractivity contribution in [2.45, 2.75) is 51.9 Å². The Hall–Kier alpha value is -3.52. The fraction of sp³-hybridized carbons (Fsp3) is 0.379. The minimum Gasteiger partial charge on any atom is -0.492 e. The predicted octanol–water partition coefficient (Wildman–Crippen LogP) is 6.77. The molecule has 7 nitrogen and oxygen atoms in total. The molecular formula is C29H35N5O2S. The van der Waals surface area contributed by atoms with E-state index < -0.39 is 5.91 Å². The number of nitrogens with two attached hydrogens (primary N) is 1. The van der Waals surface area contributed by atoms with Gasteiger partial charge >= 0.3 is 0 Å². The number of carbonyl (C=O) groups excluding carboxylic acids is 1. The fourth-order valence-electron chi connectivity index (χ4n) is 4.83. The molecule has 0 spiro atoms. The Labute approximate surface area is 222 Å². The summed E-state index contributed by atoms with van der Waals surface area (Å²) in [6, 6.07) is 16.2. The first kappa shape index (κ1) is 26.5. The zero-order chi connectivity index (χ0) is 26.4. The van der Waals surface area contributed by atoms with Crippen LogP contribution < -0.4 is 15.8 Å². The van der Waals surface area contributed by atoms with Gasteiger partial charge in [-0.25, -0.2) is 4.98 Å². The monoisotopic (exact) mass is 517 g/mol. The first-order valence-corrected chi connectivity index (χ1v) is 13.7. The molecule has 194 valence electrons. The number of hydrogen-bond donors (Lipinski definition) is 4. The van der Waals surface area contributed by atoms with Crippen molar-refractivity contribution >= 4 is 39.5 Å². The highest BCUT2D eigenvalue weighted by molar-refractivity contribution is 7.14. The molecule has 2 atom stereocenters. The lowest BCUT2D eigenvalue weighted by Crippen LogP contribution is -2.34. The molecule has 2 aliphatic rings. The molecule has 2 unspecified atom stereocenters. The van der Waals surface area contributed by atoms with Crippen LogP contribution in [0.1, 0.15) is 57.4 Å². The summed E-state index contributed by atoms with van der Waals surface area (Å²) in [5.74, 6) is 2.75. The lowest BCUT2D eigenvalue weighted by Gasteiger charge is -2.46. The van der Waals surface area contributed by atoms with Crippen LogP contribution in [-0.2, 0) is 4.79 Å². The number of nitrogen functional groups attached to an aromatic ring is 1. The molecule has 0 aliphatic heterocycles. The van der Waals surface area contributed by atoms with Crippen LogP contribution in [0.15, 0.2) is 53.9 Å². The second kappa shape index (κ2) is 12.1. The lowest BCUT2D eigenvalue weighted by molar-refractivity contribution is -0.110. The summed E-state index contributed by atoms with van der Waals surface area (Å²) >= 11 is 1.33. The molecule has 1 heterocycles. The van der Waals surface area contributed by atoms with E-state index in [1.165, 1.54) is 55.9 Å². The number of benzene rings is 2. The number of hydrogen-bond acceptors (Lipinski definition) is 7. The Kier molecular flexibility index (Phi) is 8.71. The van der Waals surface area contributed by atoms with Crippen LogP contribution in [0.4, 0.5) is 10.8 Å². The van der Waals surface area contributed by atoms with Gasteiger partial charge in [0.05, 0.1) is 23.7 Å². The standard InChI is InChI=1S/C21H24N4OS.C8H11NO/c1-12(22)19(23)20(26)25-21-24-18(11-27-21)15-7-5-14(6-8-15)17-10-9-16(17)13-3-2-4-13;1-2-10-8-6-4-3-5-7(8)9/h5-8,11,13,16-17,22-23H,2-4,9-10H2,1H3,(H,24,25,26);3-6H,2,9H2,1H3. The van der Waals surface area contributed by atoms with E-state index in [1.54, 1.807) is 0 Å². The third kappa shape index (κ3) is 6.43. The SMILES string of the molecule is CC(=N)C(=N)C(=O)Nc1nc(-c2ccc(C3CCC3C3CCC3)cc2)cs1.CCOc1ccccc1N. The third-order valence-electron chi connectivity index (χ3n) is 7.26. The second-order valence-electron chi connectivity index (χ2n) is 9.62. The average Bonchev–Trinajstić information content (AvgIpc) is 3.31. The Bertz CT molecular complexity index is 1250. The van der Waals surface area contributed by atoms with Crippen LogP contribution >= 0.6 is 11.3 Å². The van der Waals surface area contributed by atoms with Crippen LogP contribution in [0.25, 0.3) is 11.3 Å². The summed E-state index contributed by atoms with van der Waals surface area (Å²) in [7, 11) is 0. The van der Waals surface area contributed by atoms with Crippen molar-refractivity contribution in [3.05, 3.63) is 59.5 Å². The van der Waals surface area contributed by atoms with Gasteiger partial charge in [-0.3, -0.25) is 15.5 Å². The summed E-state index contributed by atoms with van der Waals surface area (Å²) in [5.41, 5.74) is 9.19. The van der Waals surface area contributed by atoms with Gasteiger partial charge in [-0.05, 0) is 62.1 Å². The van der Waals surface area contributed by atoms with Gasteiger partial charge in [0, 0.05) is 10.9 Å². The molecule has 0 saturated heterocycles. The normalized spacial score (nSPS) is 18.4. The number of nitrogens with one attached hydrogen (secondary N) is 3. The highest BCUT2D eigenvalue weighted by atomic mass is 32.1. The number of aromatic nitrogens is 1. The maximum Gasteiger partial charge on any atom is 0.277 e. The summed E-state index contributed by atoms with van der Waals surface area (Å²) in [6.07, 6.45) is 6.94. The van der Waals surface area contributed by atoms with Gasteiger partial charge < -0.3 is 15.9 Å². The van der Waals surface area contributed by atoms with E-state index in [0.717, 1.165) is 34.8 Å². The molecule has 0 radical (unpaired) electrons. The van der Waals surface area contributed by atoms with E-state index in [-0.39, 0.29) is 11.4 Å². The number of carbonyl (C=O) groups is 1.